The number of aryl methyl sites for hydroxylation is 3. The molecule has 4 rings (SSSR count). The Morgan fingerprint density at radius 2 is 2.17 bits per heavy atom. The van der Waals surface area contributed by atoms with E-state index in [2.05, 4.69) is 37.7 Å². The van der Waals surface area contributed by atoms with Crippen molar-refractivity contribution in [2.24, 2.45) is 13.0 Å². The van der Waals surface area contributed by atoms with E-state index in [-0.39, 0.29) is 18.3 Å². The standard InChI is InChI=1S/C23H30FN7O4/c1-4-5-9-19-27-23(29-35-19)25-12-17-21(28-30-31(17)3)20-16(24)11-18(13(2)26-20)34-15-8-6-7-14(10-15)22(32)33/h11,14-15H,4-10,12H2,1-3H3,(H,25,29)(H,32,33)/t14-,15-/m0/s1. The molecule has 2 atom stereocenters. The van der Waals surface area contributed by atoms with Crippen LogP contribution < -0.4 is 10.1 Å². The molecule has 35 heavy (non-hydrogen) atoms. The smallest absolute Gasteiger partial charge is 0.306 e. The quantitative estimate of drug-likeness (QED) is 0.435. The highest BCUT2D eigenvalue weighted by Gasteiger charge is 2.29. The average Bonchev–Trinajstić information content (AvgIpc) is 3.44. The number of carboxylic acids is 1. The number of aliphatic carboxylic acids is 1. The van der Waals surface area contributed by atoms with Gasteiger partial charge in [-0.25, -0.2) is 14.1 Å². The molecular weight excluding hydrogens is 457 g/mol. The van der Waals surface area contributed by atoms with Gasteiger partial charge in [-0.1, -0.05) is 18.6 Å². The number of ether oxygens (including phenoxy) is 1. The van der Waals surface area contributed by atoms with Crippen molar-refractivity contribution in [2.45, 2.75) is 71.4 Å². The van der Waals surface area contributed by atoms with Crippen molar-refractivity contribution in [3.05, 3.63) is 29.2 Å². The summed E-state index contributed by atoms with van der Waals surface area (Å²) in [5.74, 6) is -0.663. The van der Waals surface area contributed by atoms with E-state index in [0.717, 1.165) is 25.7 Å². The minimum absolute atomic E-state index is 0.0588. The Balaban J connectivity index is 1.49. The summed E-state index contributed by atoms with van der Waals surface area (Å²) < 4.78 is 27.9. The summed E-state index contributed by atoms with van der Waals surface area (Å²) in [6, 6.07) is 1.28. The normalized spacial score (nSPS) is 17.9. The molecule has 2 N–H and O–H groups in total. The molecule has 0 amide bonds. The summed E-state index contributed by atoms with van der Waals surface area (Å²) in [6.07, 6.45) is 4.92. The van der Waals surface area contributed by atoms with Crippen molar-refractivity contribution >= 4 is 11.9 Å². The van der Waals surface area contributed by atoms with Gasteiger partial charge in [-0.15, -0.1) is 5.10 Å². The molecule has 0 unspecified atom stereocenters. The summed E-state index contributed by atoms with van der Waals surface area (Å²) in [5, 5.41) is 24.4. The van der Waals surface area contributed by atoms with Gasteiger partial charge in [-0.05, 0) is 44.2 Å². The maximum Gasteiger partial charge on any atom is 0.306 e. The number of pyridine rings is 1. The van der Waals surface area contributed by atoms with Gasteiger partial charge in [0, 0.05) is 19.5 Å². The molecule has 3 heterocycles. The van der Waals surface area contributed by atoms with Crippen LogP contribution in [-0.2, 0) is 24.8 Å². The predicted octanol–water partition coefficient (Wildman–Crippen LogP) is 3.68. The molecule has 188 valence electrons. The lowest BCUT2D eigenvalue weighted by molar-refractivity contribution is -0.143. The third-order valence-electron chi connectivity index (χ3n) is 6.18. The molecule has 1 saturated carbocycles. The zero-order valence-electron chi connectivity index (χ0n) is 20.1. The fourth-order valence-corrected chi connectivity index (χ4v) is 4.18. The fraction of sp³-hybridized carbons (Fsp3) is 0.565. The third-order valence-corrected chi connectivity index (χ3v) is 6.18. The Labute approximate surface area is 202 Å². The van der Waals surface area contributed by atoms with Gasteiger partial charge in [0.15, 0.2) is 5.82 Å². The maximum atomic E-state index is 15.2. The number of unbranched alkanes of at least 4 members (excludes halogenated alkanes) is 1. The van der Waals surface area contributed by atoms with Gasteiger partial charge < -0.3 is 19.7 Å². The molecule has 0 spiro atoms. The van der Waals surface area contributed by atoms with Gasteiger partial charge in [0.2, 0.25) is 5.89 Å². The van der Waals surface area contributed by atoms with E-state index < -0.39 is 17.7 Å². The molecular formula is C23H30FN7O4. The molecule has 3 aromatic rings. The van der Waals surface area contributed by atoms with Crippen molar-refractivity contribution in [3.8, 4) is 17.1 Å². The van der Waals surface area contributed by atoms with Crippen molar-refractivity contribution < 1.29 is 23.6 Å². The minimum atomic E-state index is -0.823. The number of carboxylic acid groups (broad SMARTS) is 1. The van der Waals surface area contributed by atoms with E-state index in [1.54, 1.807) is 14.0 Å². The van der Waals surface area contributed by atoms with Crippen LogP contribution in [0.15, 0.2) is 10.6 Å². The van der Waals surface area contributed by atoms with Gasteiger partial charge in [-0.2, -0.15) is 4.98 Å². The van der Waals surface area contributed by atoms with E-state index in [4.69, 9.17) is 9.26 Å². The number of rotatable bonds is 10. The van der Waals surface area contributed by atoms with Gasteiger partial charge in [0.25, 0.3) is 5.95 Å². The van der Waals surface area contributed by atoms with Crippen LogP contribution in [0.1, 0.15) is 62.7 Å². The Kier molecular flexibility index (Phi) is 7.57. The summed E-state index contributed by atoms with van der Waals surface area (Å²) in [4.78, 5) is 20.1. The van der Waals surface area contributed by atoms with E-state index in [1.165, 1.54) is 10.7 Å². The monoisotopic (exact) mass is 487 g/mol. The van der Waals surface area contributed by atoms with E-state index in [1.807, 2.05) is 0 Å². The second kappa shape index (κ2) is 10.8. The molecule has 1 aliphatic rings. The molecule has 11 nitrogen and oxygen atoms in total. The Bertz CT molecular complexity index is 1180. The first-order valence-electron chi connectivity index (χ1n) is 11.9. The van der Waals surface area contributed by atoms with E-state index in [9.17, 15) is 9.90 Å². The zero-order chi connectivity index (χ0) is 24.9. The summed E-state index contributed by atoms with van der Waals surface area (Å²) in [7, 11) is 1.71. The second-order valence-corrected chi connectivity index (χ2v) is 8.82. The van der Waals surface area contributed by atoms with Crippen molar-refractivity contribution in [1.29, 1.82) is 0 Å². The third kappa shape index (κ3) is 5.75. The van der Waals surface area contributed by atoms with Crippen LogP contribution >= 0.6 is 0 Å². The highest BCUT2D eigenvalue weighted by molar-refractivity contribution is 5.70. The molecule has 1 aliphatic carbocycles. The van der Waals surface area contributed by atoms with Gasteiger partial charge in [0.1, 0.15) is 17.1 Å². The Morgan fingerprint density at radius 1 is 1.34 bits per heavy atom. The number of hydrogen-bond donors (Lipinski definition) is 2. The fourth-order valence-electron chi connectivity index (χ4n) is 4.18. The molecule has 0 radical (unpaired) electrons. The first kappa shape index (κ1) is 24.6. The molecule has 1 fully saturated rings. The summed E-state index contributed by atoms with van der Waals surface area (Å²) >= 11 is 0. The molecule has 0 aromatic carbocycles. The van der Waals surface area contributed by atoms with Crippen LogP contribution in [0, 0.1) is 18.7 Å². The number of aromatic nitrogens is 6. The lowest BCUT2D eigenvalue weighted by Crippen LogP contribution is -2.29. The second-order valence-electron chi connectivity index (χ2n) is 8.82. The van der Waals surface area contributed by atoms with Crippen LogP contribution in [-0.4, -0.2) is 47.3 Å². The molecule has 0 aliphatic heterocycles. The van der Waals surface area contributed by atoms with Crippen LogP contribution in [0.4, 0.5) is 10.3 Å². The highest BCUT2D eigenvalue weighted by atomic mass is 19.1. The number of nitrogens with one attached hydrogen (secondary N) is 1. The maximum absolute atomic E-state index is 15.2. The number of anilines is 1. The largest absolute Gasteiger partial charge is 0.488 e. The number of carbonyl (C=O) groups is 1. The lowest BCUT2D eigenvalue weighted by atomic mass is 9.87. The molecule has 0 bridgehead atoms. The average molecular weight is 488 g/mol. The number of hydrogen-bond acceptors (Lipinski definition) is 9. The van der Waals surface area contributed by atoms with Crippen molar-refractivity contribution in [1.82, 2.24) is 30.1 Å². The highest BCUT2D eigenvalue weighted by Crippen LogP contribution is 2.32. The lowest BCUT2D eigenvalue weighted by Gasteiger charge is -2.27. The predicted molar refractivity (Wildman–Crippen MR) is 123 cm³/mol. The van der Waals surface area contributed by atoms with E-state index in [0.29, 0.717) is 53.9 Å². The molecule has 12 heteroatoms. The summed E-state index contributed by atoms with van der Waals surface area (Å²) in [6.45, 7) is 4.05. The van der Waals surface area contributed by atoms with Crippen LogP contribution in [0.25, 0.3) is 11.4 Å². The number of nitrogens with zero attached hydrogens (tertiary/aromatic N) is 6. The number of halogens is 1. The molecule has 0 saturated heterocycles. The zero-order valence-corrected chi connectivity index (χ0v) is 20.1. The first-order valence-corrected chi connectivity index (χ1v) is 11.9. The Morgan fingerprint density at radius 3 is 2.94 bits per heavy atom. The van der Waals surface area contributed by atoms with Gasteiger partial charge in [0.05, 0.1) is 30.0 Å². The van der Waals surface area contributed by atoms with Crippen LogP contribution in [0.2, 0.25) is 0 Å². The SMILES string of the molecule is CCCCc1nc(NCc2c(-c3nc(C)c(O[C@H]4CCC[C@H](C(=O)O)C4)cc3F)nnn2C)no1. The minimum Gasteiger partial charge on any atom is -0.488 e. The van der Waals surface area contributed by atoms with Crippen LogP contribution in [0.5, 0.6) is 5.75 Å². The summed E-state index contributed by atoms with van der Waals surface area (Å²) in [5.41, 5.74) is 1.44. The Hall–Kier alpha value is -3.57. The van der Waals surface area contributed by atoms with Crippen molar-refractivity contribution in [2.75, 3.05) is 5.32 Å². The molecule has 3 aromatic heterocycles. The van der Waals surface area contributed by atoms with Crippen LogP contribution in [0.3, 0.4) is 0 Å². The van der Waals surface area contributed by atoms with Crippen molar-refractivity contribution in [3.63, 3.8) is 0 Å². The van der Waals surface area contributed by atoms with E-state index >= 15 is 4.39 Å². The van der Waals surface area contributed by atoms with Gasteiger partial charge in [-0.3, -0.25) is 4.79 Å². The first-order chi connectivity index (χ1) is 16.9. The topological polar surface area (TPSA) is 141 Å². The van der Waals surface area contributed by atoms with Gasteiger partial charge >= 0.3 is 5.97 Å².